The summed E-state index contributed by atoms with van der Waals surface area (Å²) in [6.07, 6.45) is 0.893. The van der Waals surface area contributed by atoms with E-state index in [1.165, 1.54) is 4.68 Å². The number of nitrogens with zero attached hydrogens (tertiary/aromatic N) is 1. The largest absolute Gasteiger partial charge is 0.493 e. The first-order valence-corrected chi connectivity index (χ1v) is 14.5. The molecule has 2 unspecified atom stereocenters. The Balaban J connectivity index is 1.34. The number of ether oxygens (including phenoxy) is 3. The lowest BCUT2D eigenvalue weighted by Crippen LogP contribution is -2.32. The van der Waals surface area contributed by atoms with Gasteiger partial charge in [0.25, 0.3) is 5.56 Å². The van der Waals surface area contributed by atoms with Crippen LogP contribution in [0.5, 0.6) is 23.0 Å². The second kappa shape index (κ2) is 11.3. The van der Waals surface area contributed by atoms with Crippen molar-refractivity contribution in [1.29, 1.82) is 0 Å². The summed E-state index contributed by atoms with van der Waals surface area (Å²) < 4.78 is 18.6. The first-order valence-electron chi connectivity index (χ1n) is 14.5. The van der Waals surface area contributed by atoms with Crippen LogP contribution in [0, 0.1) is 0 Å². The number of benzene rings is 4. The van der Waals surface area contributed by atoms with E-state index < -0.39 is 5.92 Å². The molecule has 44 heavy (non-hydrogen) atoms. The molecular weight excluding hydrogens is 554 g/mol. The third-order valence-corrected chi connectivity index (χ3v) is 8.35. The van der Waals surface area contributed by atoms with E-state index in [1.54, 1.807) is 14.2 Å². The molecule has 8 nitrogen and oxygen atoms in total. The first kappa shape index (κ1) is 27.3. The number of carbonyl (C=O) groups excluding carboxylic acids is 1. The van der Waals surface area contributed by atoms with Crippen LogP contribution in [0.15, 0.2) is 119 Å². The lowest BCUT2D eigenvalue weighted by Gasteiger charge is -2.34. The SMILES string of the molecule is COc1ccc(C2CC(=O)C3=C(C2)Nc2[nH]n(-c4ccccc4)c(=O)c2C3c2cccc(Oc3ccccc3)c2)cc1OC. The number of fused-ring (bicyclic) bond motifs is 1. The fourth-order valence-corrected chi connectivity index (χ4v) is 6.31. The molecule has 8 heteroatoms. The Morgan fingerprint density at radius 3 is 2.20 bits per heavy atom. The molecule has 0 saturated carbocycles. The minimum atomic E-state index is -0.576. The van der Waals surface area contributed by atoms with Crippen LogP contribution < -0.4 is 25.1 Å². The van der Waals surface area contributed by atoms with Gasteiger partial charge >= 0.3 is 0 Å². The van der Waals surface area contributed by atoms with E-state index in [0.29, 0.717) is 58.5 Å². The van der Waals surface area contributed by atoms with Crippen molar-refractivity contribution < 1.29 is 19.0 Å². The van der Waals surface area contributed by atoms with Gasteiger partial charge in [0.1, 0.15) is 17.3 Å². The second-order valence-corrected chi connectivity index (χ2v) is 11.0. The van der Waals surface area contributed by atoms with Crippen LogP contribution in [0.4, 0.5) is 5.82 Å². The molecule has 0 bridgehead atoms. The normalized spacial score (nSPS) is 17.4. The molecule has 1 aliphatic carbocycles. The van der Waals surface area contributed by atoms with Gasteiger partial charge in [-0.3, -0.25) is 14.7 Å². The fraction of sp³-hybridized carbons (Fsp3) is 0.167. The van der Waals surface area contributed by atoms with Crippen LogP contribution in [0.3, 0.4) is 0 Å². The van der Waals surface area contributed by atoms with Crippen molar-refractivity contribution in [2.45, 2.75) is 24.7 Å². The lowest BCUT2D eigenvalue weighted by molar-refractivity contribution is -0.116. The number of aromatic amines is 1. The molecule has 220 valence electrons. The third kappa shape index (κ3) is 4.84. The van der Waals surface area contributed by atoms with Gasteiger partial charge in [-0.05, 0) is 72.0 Å². The summed E-state index contributed by atoms with van der Waals surface area (Å²) in [4.78, 5) is 28.2. The highest BCUT2D eigenvalue weighted by atomic mass is 16.5. The number of nitrogens with one attached hydrogen (secondary N) is 2. The van der Waals surface area contributed by atoms with Crippen LogP contribution in [0.1, 0.15) is 41.4 Å². The van der Waals surface area contributed by atoms with Crippen molar-refractivity contribution >= 4 is 11.6 Å². The molecule has 2 N–H and O–H groups in total. The number of hydrogen-bond donors (Lipinski definition) is 2. The van der Waals surface area contributed by atoms with Gasteiger partial charge in [-0.1, -0.05) is 54.6 Å². The molecule has 4 aromatic carbocycles. The Morgan fingerprint density at radius 2 is 1.45 bits per heavy atom. The number of carbonyl (C=O) groups is 1. The van der Waals surface area contributed by atoms with E-state index in [1.807, 2.05) is 103 Å². The smallest absolute Gasteiger partial charge is 0.277 e. The van der Waals surface area contributed by atoms with Crippen LogP contribution in [-0.2, 0) is 4.79 Å². The average Bonchev–Trinajstić information content (AvgIpc) is 3.39. The molecule has 0 saturated heterocycles. The molecule has 5 aromatic rings. The monoisotopic (exact) mass is 585 g/mol. The van der Waals surface area contributed by atoms with Gasteiger partial charge in [0.05, 0.1) is 25.5 Å². The number of anilines is 1. The Kier molecular flexibility index (Phi) is 7.02. The quantitative estimate of drug-likeness (QED) is 0.215. The number of methoxy groups -OCH3 is 2. The standard InChI is InChI=1S/C36H31N3O5/c1-42-30-17-16-22(21-31(30)43-2)24-19-28-33(29(40)20-24)32(23-10-9-15-27(18-23)44-26-13-7-4-8-14-26)34-35(37-28)38-39(36(34)41)25-11-5-3-6-12-25/h3-18,21,24,32,37-38H,19-20H2,1-2H3. The van der Waals surface area contributed by atoms with Crippen molar-refractivity contribution in [3.8, 4) is 28.7 Å². The highest BCUT2D eigenvalue weighted by Gasteiger charge is 2.41. The summed E-state index contributed by atoms with van der Waals surface area (Å²) in [6, 6.07) is 32.4. The summed E-state index contributed by atoms with van der Waals surface area (Å²) >= 11 is 0. The fourth-order valence-electron chi connectivity index (χ4n) is 6.31. The molecule has 0 amide bonds. The summed E-state index contributed by atoms with van der Waals surface area (Å²) in [5.74, 6) is 2.51. The van der Waals surface area contributed by atoms with Gasteiger partial charge in [0.2, 0.25) is 0 Å². The topological polar surface area (TPSA) is 94.6 Å². The maximum atomic E-state index is 14.1. The first-order chi connectivity index (χ1) is 21.5. The number of aromatic nitrogens is 2. The van der Waals surface area contributed by atoms with E-state index in [4.69, 9.17) is 14.2 Å². The van der Waals surface area contributed by atoms with Crippen molar-refractivity contribution in [3.63, 3.8) is 0 Å². The maximum absolute atomic E-state index is 14.1. The molecule has 0 fully saturated rings. The molecule has 0 spiro atoms. The molecule has 2 heterocycles. The van der Waals surface area contributed by atoms with Crippen LogP contribution >= 0.6 is 0 Å². The predicted molar refractivity (Wildman–Crippen MR) is 168 cm³/mol. The summed E-state index contributed by atoms with van der Waals surface area (Å²) in [5, 5.41) is 6.75. The van der Waals surface area contributed by atoms with E-state index >= 15 is 0 Å². The Hall–Kier alpha value is -5.50. The van der Waals surface area contributed by atoms with Gasteiger partial charge in [-0.15, -0.1) is 0 Å². The van der Waals surface area contributed by atoms with Crippen molar-refractivity contribution in [2.24, 2.45) is 0 Å². The highest BCUT2D eigenvalue weighted by molar-refractivity contribution is 6.01. The molecule has 7 rings (SSSR count). The predicted octanol–water partition coefficient (Wildman–Crippen LogP) is 6.93. The highest BCUT2D eigenvalue weighted by Crippen LogP contribution is 2.48. The van der Waals surface area contributed by atoms with Gasteiger partial charge in [0, 0.05) is 23.6 Å². The Morgan fingerprint density at radius 1 is 0.727 bits per heavy atom. The molecule has 1 aromatic heterocycles. The summed E-state index contributed by atoms with van der Waals surface area (Å²) in [7, 11) is 3.21. The van der Waals surface area contributed by atoms with E-state index in [0.717, 1.165) is 16.8 Å². The third-order valence-electron chi connectivity index (χ3n) is 8.35. The zero-order chi connectivity index (χ0) is 30.2. The molecular formula is C36H31N3O5. The van der Waals surface area contributed by atoms with Crippen molar-refractivity contribution in [1.82, 2.24) is 9.78 Å². The van der Waals surface area contributed by atoms with Gasteiger partial charge in [-0.25, -0.2) is 4.68 Å². The van der Waals surface area contributed by atoms with Crippen molar-refractivity contribution in [2.75, 3.05) is 19.5 Å². The Bertz CT molecular complexity index is 1940. The van der Waals surface area contributed by atoms with Crippen LogP contribution in [0.25, 0.3) is 5.69 Å². The van der Waals surface area contributed by atoms with E-state index in [9.17, 15) is 9.59 Å². The number of rotatable bonds is 7. The van der Waals surface area contributed by atoms with E-state index in [2.05, 4.69) is 10.4 Å². The number of hydrogen-bond acceptors (Lipinski definition) is 6. The minimum Gasteiger partial charge on any atom is -0.493 e. The Labute approximate surface area is 254 Å². The molecule has 1 aliphatic heterocycles. The molecule has 0 radical (unpaired) electrons. The number of ketones is 1. The van der Waals surface area contributed by atoms with Gasteiger partial charge in [0.15, 0.2) is 17.3 Å². The summed E-state index contributed by atoms with van der Waals surface area (Å²) in [5.41, 5.74) is 4.21. The molecule has 2 atom stereocenters. The number of H-pyrrole nitrogens is 1. The zero-order valence-corrected chi connectivity index (χ0v) is 24.4. The maximum Gasteiger partial charge on any atom is 0.277 e. The number of Topliss-reactive ketones (excluding diaryl/α,β-unsaturated/α-hetero) is 1. The van der Waals surface area contributed by atoms with Crippen molar-refractivity contribution in [3.05, 3.63) is 141 Å². The number of para-hydroxylation sites is 2. The second-order valence-electron chi connectivity index (χ2n) is 11.0. The van der Waals surface area contributed by atoms with E-state index in [-0.39, 0.29) is 17.3 Å². The van der Waals surface area contributed by atoms with Crippen LogP contribution in [0.2, 0.25) is 0 Å². The zero-order valence-electron chi connectivity index (χ0n) is 24.4. The number of allylic oxidation sites excluding steroid dienone is 2. The van der Waals surface area contributed by atoms with Crippen LogP contribution in [-0.4, -0.2) is 29.8 Å². The lowest BCUT2D eigenvalue weighted by atomic mass is 9.72. The van der Waals surface area contributed by atoms with Gasteiger partial charge in [-0.2, -0.15) is 0 Å². The minimum absolute atomic E-state index is 0.00423. The summed E-state index contributed by atoms with van der Waals surface area (Å²) in [6.45, 7) is 0. The average molecular weight is 586 g/mol. The van der Waals surface area contributed by atoms with Gasteiger partial charge < -0.3 is 19.5 Å². The molecule has 2 aliphatic rings.